The standard InChI is InChI=1S/C19H28O/c1-7-13-11-15-16(12-14(13)17(20)8-2)19(5,6)10-9-18(15,3)4/h11-12H,7-10H2,1-6H3. The Morgan fingerprint density at radius 3 is 1.95 bits per heavy atom. The van der Waals surface area contributed by atoms with E-state index in [1.165, 1.54) is 29.5 Å². The van der Waals surface area contributed by atoms with Gasteiger partial charge in [-0.2, -0.15) is 0 Å². The number of ketones is 1. The quantitative estimate of drug-likeness (QED) is 0.692. The van der Waals surface area contributed by atoms with Crippen LogP contribution >= 0.6 is 0 Å². The van der Waals surface area contributed by atoms with Crippen molar-refractivity contribution in [2.24, 2.45) is 0 Å². The predicted molar refractivity (Wildman–Crippen MR) is 85.7 cm³/mol. The van der Waals surface area contributed by atoms with Gasteiger partial charge in [-0.25, -0.2) is 0 Å². The Balaban J connectivity index is 2.71. The van der Waals surface area contributed by atoms with E-state index in [4.69, 9.17) is 0 Å². The maximum atomic E-state index is 12.3. The van der Waals surface area contributed by atoms with Gasteiger partial charge in [0.15, 0.2) is 5.78 Å². The van der Waals surface area contributed by atoms with Crippen molar-refractivity contribution in [1.29, 1.82) is 0 Å². The zero-order valence-corrected chi connectivity index (χ0v) is 13.9. The Labute approximate surface area is 123 Å². The Morgan fingerprint density at radius 2 is 1.50 bits per heavy atom. The SMILES string of the molecule is CCC(=O)c1cc2c(cc1CC)C(C)(C)CCC2(C)C. The Bertz CT molecular complexity index is 535. The summed E-state index contributed by atoms with van der Waals surface area (Å²) in [6.45, 7) is 13.4. The van der Waals surface area contributed by atoms with Crippen molar-refractivity contribution in [2.45, 2.75) is 78.1 Å². The molecule has 1 aliphatic carbocycles. The molecule has 2 rings (SSSR count). The molecule has 20 heavy (non-hydrogen) atoms. The van der Waals surface area contributed by atoms with E-state index in [2.05, 4.69) is 46.8 Å². The monoisotopic (exact) mass is 272 g/mol. The zero-order chi connectivity index (χ0) is 15.1. The summed E-state index contributed by atoms with van der Waals surface area (Å²) in [7, 11) is 0. The lowest BCUT2D eigenvalue weighted by molar-refractivity contribution is 0.0987. The van der Waals surface area contributed by atoms with Crippen LogP contribution in [0.2, 0.25) is 0 Å². The molecule has 0 fully saturated rings. The summed E-state index contributed by atoms with van der Waals surface area (Å²) in [6.07, 6.45) is 3.94. The van der Waals surface area contributed by atoms with E-state index in [9.17, 15) is 4.79 Å². The van der Waals surface area contributed by atoms with Crippen molar-refractivity contribution in [3.8, 4) is 0 Å². The van der Waals surface area contributed by atoms with E-state index in [0.717, 1.165) is 12.0 Å². The summed E-state index contributed by atoms with van der Waals surface area (Å²) in [5.41, 5.74) is 5.43. The van der Waals surface area contributed by atoms with Crippen molar-refractivity contribution in [3.05, 3.63) is 34.4 Å². The summed E-state index contributed by atoms with van der Waals surface area (Å²) in [4.78, 5) is 12.3. The summed E-state index contributed by atoms with van der Waals surface area (Å²) < 4.78 is 0. The molecule has 0 radical (unpaired) electrons. The summed E-state index contributed by atoms with van der Waals surface area (Å²) in [6, 6.07) is 4.53. The molecule has 0 heterocycles. The van der Waals surface area contributed by atoms with Crippen molar-refractivity contribution in [3.63, 3.8) is 0 Å². The van der Waals surface area contributed by atoms with Crippen molar-refractivity contribution in [2.75, 3.05) is 0 Å². The first kappa shape index (κ1) is 15.3. The molecule has 1 nitrogen and oxygen atoms in total. The molecule has 1 aromatic carbocycles. The van der Waals surface area contributed by atoms with Crippen molar-refractivity contribution >= 4 is 5.78 Å². The van der Waals surface area contributed by atoms with Gasteiger partial charge in [-0.15, -0.1) is 0 Å². The fourth-order valence-electron chi connectivity index (χ4n) is 3.40. The van der Waals surface area contributed by atoms with E-state index in [0.29, 0.717) is 6.42 Å². The van der Waals surface area contributed by atoms with Gasteiger partial charge in [-0.1, -0.05) is 47.6 Å². The minimum atomic E-state index is 0.180. The second kappa shape index (κ2) is 5.02. The van der Waals surface area contributed by atoms with Gasteiger partial charge in [0.2, 0.25) is 0 Å². The third kappa shape index (κ3) is 2.43. The Morgan fingerprint density at radius 1 is 1.00 bits per heavy atom. The second-order valence-electron chi connectivity index (χ2n) is 7.45. The van der Waals surface area contributed by atoms with Gasteiger partial charge in [0.05, 0.1) is 0 Å². The summed E-state index contributed by atoms with van der Waals surface area (Å²) >= 11 is 0. The molecule has 0 unspecified atom stereocenters. The topological polar surface area (TPSA) is 17.1 Å². The minimum absolute atomic E-state index is 0.180. The van der Waals surface area contributed by atoms with Crippen LogP contribution < -0.4 is 0 Å². The molecular weight excluding hydrogens is 244 g/mol. The maximum Gasteiger partial charge on any atom is 0.162 e. The first-order valence-electron chi connectivity index (χ1n) is 7.94. The zero-order valence-electron chi connectivity index (χ0n) is 13.9. The fraction of sp³-hybridized carbons (Fsp3) is 0.632. The van der Waals surface area contributed by atoms with Gasteiger partial charge >= 0.3 is 0 Å². The Kier molecular flexibility index (Phi) is 3.83. The second-order valence-corrected chi connectivity index (χ2v) is 7.45. The molecule has 0 spiro atoms. The van der Waals surface area contributed by atoms with Gasteiger partial charge in [0.1, 0.15) is 0 Å². The molecule has 0 N–H and O–H groups in total. The third-order valence-corrected chi connectivity index (χ3v) is 5.08. The highest BCUT2D eigenvalue weighted by molar-refractivity contribution is 5.97. The molecule has 0 saturated heterocycles. The van der Waals surface area contributed by atoms with E-state index >= 15 is 0 Å². The number of carbonyl (C=O) groups is 1. The summed E-state index contributed by atoms with van der Waals surface area (Å²) in [5.74, 6) is 0.281. The number of hydrogen-bond acceptors (Lipinski definition) is 1. The number of Topliss-reactive ketones (excluding diaryl/α,β-unsaturated/α-hetero) is 1. The molecule has 110 valence electrons. The number of fused-ring (bicyclic) bond motifs is 1. The molecule has 1 aliphatic rings. The molecule has 0 aromatic heterocycles. The number of carbonyl (C=O) groups excluding carboxylic acids is 1. The van der Waals surface area contributed by atoms with Crippen LogP contribution in [0.4, 0.5) is 0 Å². The number of benzene rings is 1. The average Bonchev–Trinajstić information content (AvgIpc) is 2.42. The van der Waals surface area contributed by atoms with Crippen molar-refractivity contribution < 1.29 is 4.79 Å². The van der Waals surface area contributed by atoms with E-state index in [1.807, 2.05) is 6.92 Å². The largest absolute Gasteiger partial charge is 0.294 e. The van der Waals surface area contributed by atoms with Gasteiger partial charge in [-0.05, 0) is 52.8 Å². The number of aryl methyl sites for hydroxylation is 1. The van der Waals surface area contributed by atoms with Gasteiger partial charge in [-0.3, -0.25) is 4.79 Å². The molecule has 0 amide bonds. The predicted octanol–water partition coefficient (Wildman–Crippen LogP) is 5.19. The average molecular weight is 272 g/mol. The van der Waals surface area contributed by atoms with Crippen LogP contribution in [0.15, 0.2) is 12.1 Å². The number of hydrogen-bond donors (Lipinski definition) is 0. The van der Waals surface area contributed by atoms with Crippen LogP contribution in [-0.2, 0) is 17.3 Å². The van der Waals surface area contributed by atoms with Crippen LogP contribution in [0.3, 0.4) is 0 Å². The van der Waals surface area contributed by atoms with Gasteiger partial charge in [0, 0.05) is 12.0 Å². The lowest BCUT2D eigenvalue weighted by Gasteiger charge is -2.42. The first-order valence-corrected chi connectivity index (χ1v) is 7.94. The van der Waals surface area contributed by atoms with Crippen LogP contribution in [0.1, 0.15) is 87.9 Å². The van der Waals surface area contributed by atoms with Crippen LogP contribution in [0, 0.1) is 0 Å². The highest BCUT2D eigenvalue weighted by Gasteiger charge is 2.37. The molecular formula is C19H28O. The lowest BCUT2D eigenvalue weighted by atomic mass is 9.62. The third-order valence-electron chi connectivity index (χ3n) is 5.08. The summed E-state index contributed by atoms with van der Waals surface area (Å²) in [5, 5.41) is 0. The Hall–Kier alpha value is -1.11. The van der Waals surface area contributed by atoms with E-state index in [-0.39, 0.29) is 16.6 Å². The van der Waals surface area contributed by atoms with Crippen LogP contribution in [0.5, 0.6) is 0 Å². The molecule has 1 aromatic rings. The molecule has 1 heteroatoms. The minimum Gasteiger partial charge on any atom is -0.294 e. The maximum absolute atomic E-state index is 12.3. The lowest BCUT2D eigenvalue weighted by Crippen LogP contribution is -2.34. The smallest absolute Gasteiger partial charge is 0.162 e. The van der Waals surface area contributed by atoms with Gasteiger partial charge < -0.3 is 0 Å². The first-order chi connectivity index (χ1) is 9.23. The highest BCUT2D eigenvalue weighted by Crippen LogP contribution is 2.46. The molecule has 0 bridgehead atoms. The van der Waals surface area contributed by atoms with Crippen LogP contribution in [0.25, 0.3) is 0 Å². The van der Waals surface area contributed by atoms with Crippen LogP contribution in [-0.4, -0.2) is 5.78 Å². The molecule has 0 atom stereocenters. The highest BCUT2D eigenvalue weighted by atomic mass is 16.1. The normalized spacial score (nSPS) is 19.5. The molecule has 0 saturated carbocycles. The number of rotatable bonds is 3. The fourth-order valence-corrected chi connectivity index (χ4v) is 3.40. The van der Waals surface area contributed by atoms with Crippen molar-refractivity contribution in [1.82, 2.24) is 0 Å². The van der Waals surface area contributed by atoms with Gasteiger partial charge in [0.25, 0.3) is 0 Å². The van der Waals surface area contributed by atoms with E-state index in [1.54, 1.807) is 0 Å². The van der Waals surface area contributed by atoms with E-state index < -0.39 is 0 Å². The molecule has 0 aliphatic heterocycles.